The van der Waals surface area contributed by atoms with Gasteiger partial charge in [0.15, 0.2) is 6.29 Å². The summed E-state index contributed by atoms with van der Waals surface area (Å²) in [6.45, 7) is 2.24. The monoisotopic (exact) mass is 378 g/mol. The van der Waals surface area contributed by atoms with Gasteiger partial charge in [0.2, 0.25) is 0 Å². The highest BCUT2D eigenvalue weighted by molar-refractivity contribution is 4.89. The van der Waals surface area contributed by atoms with Gasteiger partial charge < -0.3 is 29.5 Å². The molecule has 0 aliphatic carbocycles. The van der Waals surface area contributed by atoms with Gasteiger partial charge in [0, 0.05) is 20.0 Å². The molecule has 0 aromatic heterocycles. The number of hydrogen-bond acceptors (Lipinski definition) is 10. The molecule has 2 rings (SSSR count). The molecule has 3 N–H and O–H groups in total. The van der Waals surface area contributed by atoms with Crippen LogP contribution in [0.2, 0.25) is 0 Å². The van der Waals surface area contributed by atoms with E-state index in [0.29, 0.717) is 19.3 Å². The fraction of sp³-hybridized carbons (Fsp3) is 0.875. The van der Waals surface area contributed by atoms with Crippen molar-refractivity contribution in [1.29, 1.82) is 0 Å². The summed E-state index contributed by atoms with van der Waals surface area (Å²) >= 11 is 0. The lowest BCUT2D eigenvalue weighted by atomic mass is 9.99. The van der Waals surface area contributed by atoms with Crippen molar-refractivity contribution < 1.29 is 29.5 Å². The third kappa shape index (κ3) is 9.88. The Balaban J connectivity index is 0.000000419. The van der Waals surface area contributed by atoms with Crippen molar-refractivity contribution in [3.63, 3.8) is 0 Å². The van der Waals surface area contributed by atoms with E-state index in [0.717, 1.165) is 12.7 Å². The van der Waals surface area contributed by atoms with Crippen molar-refractivity contribution >= 4 is 0 Å². The zero-order valence-corrected chi connectivity index (χ0v) is 15.4. The average molecular weight is 378 g/mol. The van der Waals surface area contributed by atoms with E-state index in [1.54, 1.807) is 6.08 Å². The van der Waals surface area contributed by atoms with Crippen molar-refractivity contribution in [2.24, 2.45) is 10.4 Å². The van der Waals surface area contributed by atoms with Crippen LogP contribution in [0.1, 0.15) is 32.6 Å². The summed E-state index contributed by atoms with van der Waals surface area (Å²) in [5.41, 5.74) is 0. The zero-order chi connectivity index (χ0) is 19.9. The molecule has 0 aromatic rings. The summed E-state index contributed by atoms with van der Waals surface area (Å²) in [5.74, 6) is 0. The summed E-state index contributed by atoms with van der Waals surface area (Å²) in [6, 6.07) is -0.580. The summed E-state index contributed by atoms with van der Waals surface area (Å²) < 4.78 is 15.3. The van der Waals surface area contributed by atoms with Crippen LogP contribution < -0.4 is 0 Å². The van der Waals surface area contributed by atoms with E-state index >= 15 is 0 Å². The van der Waals surface area contributed by atoms with Gasteiger partial charge in [0.05, 0.1) is 44.3 Å². The lowest BCUT2D eigenvalue weighted by Gasteiger charge is -2.30. The van der Waals surface area contributed by atoms with E-state index in [-0.39, 0.29) is 24.9 Å². The Morgan fingerprint density at radius 3 is 2.35 bits per heavy atom. The van der Waals surface area contributed by atoms with Crippen LogP contribution in [0.4, 0.5) is 0 Å². The third-order valence-electron chi connectivity index (χ3n) is 3.81. The zero-order valence-electron chi connectivity index (χ0n) is 15.4. The van der Waals surface area contributed by atoms with Crippen LogP contribution in [-0.4, -0.2) is 72.8 Å². The fourth-order valence-corrected chi connectivity index (χ4v) is 2.60. The highest BCUT2D eigenvalue weighted by atomic mass is 16.7. The van der Waals surface area contributed by atoms with E-state index in [2.05, 4.69) is 10.4 Å². The van der Waals surface area contributed by atoms with Crippen LogP contribution >= 0.6 is 0 Å². The van der Waals surface area contributed by atoms with Gasteiger partial charge in [-0.1, -0.05) is 17.3 Å². The number of hydrogen-bond donors (Lipinski definition) is 3. The van der Waals surface area contributed by atoms with Crippen LogP contribution in [0, 0.1) is 9.81 Å². The molecule has 26 heavy (non-hydrogen) atoms. The van der Waals surface area contributed by atoms with Gasteiger partial charge in [-0.3, -0.25) is 0 Å². The third-order valence-corrected chi connectivity index (χ3v) is 3.81. The molecule has 0 aromatic carbocycles. The van der Waals surface area contributed by atoms with Crippen molar-refractivity contribution in [3.05, 3.63) is 22.2 Å². The summed E-state index contributed by atoms with van der Waals surface area (Å²) in [4.78, 5) is 18.7. The first-order valence-corrected chi connectivity index (χ1v) is 8.46. The minimum atomic E-state index is -0.593. The number of ether oxygens (including phenoxy) is 3. The van der Waals surface area contributed by atoms with Gasteiger partial charge in [0.1, 0.15) is 6.04 Å². The molecule has 2 heterocycles. The standard InChI is InChI=1S/C9H16O3.C6H11NO4.CH3NO/c1-2-8-5-7(11)6-9(12-8)3-4-10;1-10-6-5(7-9)2-4(8)3-11-6;1-2-3/h3-4,7-11H,2,5-6H2,1H3;4-6,8H,2-3H2,1H3;1H3. The highest BCUT2D eigenvalue weighted by Crippen LogP contribution is 2.22. The van der Waals surface area contributed by atoms with Gasteiger partial charge in [0.25, 0.3) is 0 Å². The molecule has 2 fully saturated rings. The molecule has 6 unspecified atom stereocenters. The largest absolute Gasteiger partial charge is 0.516 e. The predicted molar refractivity (Wildman–Crippen MR) is 94.6 cm³/mol. The average Bonchev–Trinajstić information content (AvgIpc) is 2.62. The number of aliphatic hydroxyl groups excluding tert-OH is 3. The maximum absolute atomic E-state index is 10.2. The quantitative estimate of drug-likeness (QED) is 0.494. The smallest absolute Gasteiger partial charge is 0.183 e. The van der Waals surface area contributed by atoms with E-state index in [1.807, 2.05) is 6.92 Å². The summed E-state index contributed by atoms with van der Waals surface area (Å²) in [7, 11) is 2.64. The Hall–Kier alpha value is -1.46. The Morgan fingerprint density at radius 2 is 1.85 bits per heavy atom. The van der Waals surface area contributed by atoms with E-state index in [9.17, 15) is 10.0 Å². The van der Waals surface area contributed by atoms with Crippen molar-refractivity contribution in [2.75, 3.05) is 20.8 Å². The van der Waals surface area contributed by atoms with Gasteiger partial charge in [-0.15, -0.1) is 0 Å². The van der Waals surface area contributed by atoms with Gasteiger partial charge in [-0.25, -0.2) is 0 Å². The molecule has 0 bridgehead atoms. The lowest BCUT2D eigenvalue weighted by Crippen LogP contribution is -2.40. The second-order valence-electron chi connectivity index (χ2n) is 5.85. The molecule has 0 saturated carbocycles. The molecule has 2 saturated heterocycles. The molecule has 0 radical (unpaired) electrons. The SMILES string of the molecule is CCC1CC(O)CC(C=CO)O1.CN=O.COC1OCC(O)CC1N=O. The van der Waals surface area contributed by atoms with Crippen LogP contribution in [-0.2, 0) is 14.2 Å². The van der Waals surface area contributed by atoms with Crippen LogP contribution in [0.15, 0.2) is 22.7 Å². The Labute approximate surface area is 153 Å². The fourth-order valence-electron chi connectivity index (χ4n) is 2.60. The van der Waals surface area contributed by atoms with Crippen LogP contribution in [0.3, 0.4) is 0 Å². The number of methoxy groups -OCH3 is 1. The number of nitrogens with zero attached hydrogens (tertiary/aromatic N) is 2. The molecular formula is C16H30N2O8. The number of rotatable bonds is 4. The second kappa shape index (κ2) is 14.7. The summed E-state index contributed by atoms with van der Waals surface area (Å²) in [6.07, 6.45) is 3.64. The maximum Gasteiger partial charge on any atom is 0.183 e. The molecular weight excluding hydrogens is 348 g/mol. The van der Waals surface area contributed by atoms with Crippen molar-refractivity contribution in [1.82, 2.24) is 0 Å². The predicted octanol–water partition coefficient (Wildman–Crippen LogP) is 1.63. The maximum atomic E-state index is 10.2. The molecule has 2 aliphatic rings. The van der Waals surface area contributed by atoms with E-state index in [4.69, 9.17) is 29.3 Å². The first-order valence-electron chi connectivity index (χ1n) is 8.46. The molecule has 152 valence electrons. The molecule has 0 amide bonds. The van der Waals surface area contributed by atoms with Crippen LogP contribution in [0.5, 0.6) is 0 Å². The summed E-state index contributed by atoms with van der Waals surface area (Å²) in [5, 5.41) is 32.0. The normalized spacial score (nSPS) is 34.0. The molecule has 2 aliphatic heterocycles. The first kappa shape index (κ1) is 24.5. The first-order chi connectivity index (χ1) is 12.4. The lowest BCUT2D eigenvalue weighted by molar-refractivity contribution is -0.182. The molecule has 10 heteroatoms. The Kier molecular flexibility index (Phi) is 13.9. The minimum Gasteiger partial charge on any atom is -0.516 e. The Morgan fingerprint density at radius 1 is 1.19 bits per heavy atom. The minimum absolute atomic E-state index is 0.122. The number of nitroso groups, excluding NO2 is 2. The molecule has 6 atom stereocenters. The van der Waals surface area contributed by atoms with E-state index in [1.165, 1.54) is 14.2 Å². The number of aliphatic hydroxyl groups is 3. The van der Waals surface area contributed by atoms with Gasteiger partial charge in [-0.2, -0.15) is 9.81 Å². The van der Waals surface area contributed by atoms with E-state index < -0.39 is 18.4 Å². The highest BCUT2D eigenvalue weighted by Gasteiger charge is 2.31. The van der Waals surface area contributed by atoms with Gasteiger partial charge in [-0.05, 0) is 18.9 Å². The second-order valence-corrected chi connectivity index (χ2v) is 5.85. The molecule has 10 nitrogen and oxygen atoms in total. The van der Waals surface area contributed by atoms with Gasteiger partial charge >= 0.3 is 0 Å². The van der Waals surface area contributed by atoms with Crippen molar-refractivity contribution in [3.8, 4) is 0 Å². The molecule has 0 spiro atoms. The van der Waals surface area contributed by atoms with Crippen molar-refractivity contribution in [2.45, 2.75) is 69.4 Å². The Bertz CT molecular complexity index is 410. The van der Waals surface area contributed by atoms with Crippen LogP contribution in [0.25, 0.3) is 0 Å². The topological polar surface area (TPSA) is 147 Å².